The number of rotatable bonds is 9. The van der Waals surface area contributed by atoms with Gasteiger partial charge in [-0.15, -0.1) is 0 Å². The smallest absolute Gasteiger partial charge is 0.133 e. The van der Waals surface area contributed by atoms with Crippen LogP contribution in [-0.2, 0) is 17.9 Å². The van der Waals surface area contributed by atoms with E-state index < -0.39 is 0 Å². The van der Waals surface area contributed by atoms with Gasteiger partial charge in [0.25, 0.3) is 0 Å². The van der Waals surface area contributed by atoms with E-state index in [4.69, 9.17) is 9.15 Å². The van der Waals surface area contributed by atoms with Gasteiger partial charge in [-0.2, -0.15) is 0 Å². The third-order valence-corrected chi connectivity index (χ3v) is 3.53. The number of furan rings is 1. The van der Waals surface area contributed by atoms with Crippen LogP contribution in [0, 0.1) is 0 Å². The molecule has 1 heterocycles. The van der Waals surface area contributed by atoms with E-state index in [2.05, 4.69) is 31.1 Å². The summed E-state index contributed by atoms with van der Waals surface area (Å²) in [5.74, 6) is 0.947. The van der Waals surface area contributed by atoms with E-state index in [1.807, 2.05) is 6.07 Å². The number of ether oxygens (including phenoxy) is 1. The Balaban J connectivity index is 1.65. The fourth-order valence-electron chi connectivity index (χ4n) is 2.04. The fraction of sp³-hybridized carbons (Fsp3) is 0.733. The zero-order valence-electron chi connectivity index (χ0n) is 12.3. The second-order valence-corrected chi connectivity index (χ2v) is 5.67. The van der Waals surface area contributed by atoms with E-state index in [9.17, 15) is 0 Å². The molecule has 108 valence electrons. The number of nitrogens with zero attached hydrogens (tertiary/aromatic N) is 1. The van der Waals surface area contributed by atoms with E-state index in [1.54, 1.807) is 6.26 Å². The normalized spacial score (nSPS) is 15.6. The Morgan fingerprint density at radius 1 is 1.47 bits per heavy atom. The predicted octanol–water partition coefficient (Wildman–Crippen LogP) is 2.39. The Hall–Kier alpha value is -0.840. The van der Waals surface area contributed by atoms with E-state index in [0.29, 0.717) is 12.6 Å². The van der Waals surface area contributed by atoms with Crippen molar-refractivity contribution in [3.05, 3.63) is 23.7 Å². The van der Waals surface area contributed by atoms with E-state index in [-0.39, 0.29) is 0 Å². The summed E-state index contributed by atoms with van der Waals surface area (Å²) in [4.78, 5) is 2.38. The molecule has 0 unspecified atom stereocenters. The summed E-state index contributed by atoms with van der Waals surface area (Å²) in [7, 11) is 2.17. The van der Waals surface area contributed by atoms with E-state index in [1.165, 1.54) is 18.4 Å². The molecule has 4 nitrogen and oxygen atoms in total. The summed E-state index contributed by atoms with van der Waals surface area (Å²) in [6, 6.07) is 3.30. The highest BCUT2D eigenvalue weighted by Gasteiger charge is 2.25. The Bertz CT molecular complexity index is 372. The summed E-state index contributed by atoms with van der Waals surface area (Å²) in [5, 5.41) is 3.40. The highest BCUT2D eigenvalue weighted by molar-refractivity contribution is 5.16. The number of likely N-dealkylation sites (N-methyl/N-ethyl adjacent to an activating group) is 1. The summed E-state index contributed by atoms with van der Waals surface area (Å²) in [6.45, 7) is 7.47. The lowest BCUT2D eigenvalue weighted by Gasteiger charge is -2.15. The number of hydrogen-bond acceptors (Lipinski definition) is 4. The van der Waals surface area contributed by atoms with Crippen LogP contribution < -0.4 is 5.32 Å². The standard InChI is InChI=1S/C15H26N2O2/c1-12(2)16-10-13-6-8-19-15(13)11-18-9-7-17(3)14-4-5-14/h6,8,12,14,16H,4-5,7,9-11H2,1-3H3. The van der Waals surface area contributed by atoms with Crippen LogP contribution in [0.1, 0.15) is 38.0 Å². The minimum absolute atomic E-state index is 0.482. The SMILES string of the molecule is CC(C)NCc1ccoc1COCCN(C)C1CC1. The fourth-order valence-corrected chi connectivity index (χ4v) is 2.04. The Kier molecular flexibility index (Phi) is 5.43. The largest absolute Gasteiger partial charge is 0.467 e. The van der Waals surface area contributed by atoms with Crippen LogP contribution in [-0.4, -0.2) is 37.2 Å². The van der Waals surface area contributed by atoms with Gasteiger partial charge in [-0.05, 0) is 26.0 Å². The summed E-state index contributed by atoms with van der Waals surface area (Å²) >= 11 is 0. The first kappa shape index (κ1) is 14.6. The highest BCUT2D eigenvalue weighted by Crippen LogP contribution is 2.24. The molecular formula is C15H26N2O2. The van der Waals surface area contributed by atoms with Crippen molar-refractivity contribution < 1.29 is 9.15 Å². The zero-order valence-corrected chi connectivity index (χ0v) is 12.3. The molecule has 1 aliphatic carbocycles. The van der Waals surface area contributed by atoms with Gasteiger partial charge in [0.1, 0.15) is 12.4 Å². The Morgan fingerprint density at radius 3 is 2.95 bits per heavy atom. The summed E-state index contributed by atoms with van der Waals surface area (Å²) < 4.78 is 11.2. The van der Waals surface area contributed by atoms with Crippen LogP contribution in [0.4, 0.5) is 0 Å². The van der Waals surface area contributed by atoms with Crippen LogP contribution in [0.15, 0.2) is 16.7 Å². The molecule has 1 fully saturated rings. The molecule has 2 rings (SSSR count). The molecule has 0 amide bonds. The first-order chi connectivity index (χ1) is 9.16. The summed E-state index contributed by atoms with van der Waals surface area (Å²) in [5.41, 5.74) is 1.20. The third kappa shape index (κ3) is 4.97. The maximum atomic E-state index is 5.71. The molecule has 4 heteroatoms. The van der Waals surface area contributed by atoms with Gasteiger partial charge >= 0.3 is 0 Å². The molecule has 0 aliphatic heterocycles. The molecule has 0 atom stereocenters. The molecule has 0 aromatic carbocycles. The molecule has 0 bridgehead atoms. The number of nitrogens with one attached hydrogen (secondary N) is 1. The van der Waals surface area contributed by atoms with Gasteiger partial charge in [-0.3, -0.25) is 0 Å². The molecule has 1 aromatic heterocycles. The lowest BCUT2D eigenvalue weighted by molar-refractivity contribution is 0.0856. The van der Waals surface area contributed by atoms with Crippen molar-refractivity contribution in [3.63, 3.8) is 0 Å². The lowest BCUT2D eigenvalue weighted by atomic mass is 10.2. The van der Waals surface area contributed by atoms with Crippen molar-refractivity contribution in [2.75, 3.05) is 20.2 Å². The topological polar surface area (TPSA) is 37.6 Å². The van der Waals surface area contributed by atoms with Crippen molar-refractivity contribution in [3.8, 4) is 0 Å². The maximum Gasteiger partial charge on any atom is 0.133 e. The van der Waals surface area contributed by atoms with Crippen LogP contribution in [0.2, 0.25) is 0 Å². The van der Waals surface area contributed by atoms with Crippen LogP contribution in [0.3, 0.4) is 0 Å². The first-order valence-corrected chi connectivity index (χ1v) is 7.23. The van der Waals surface area contributed by atoms with Gasteiger partial charge in [0.15, 0.2) is 0 Å². The van der Waals surface area contributed by atoms with E-state index >= 15 is 0 Å². The van der Waals surface area contributed by atoms with Gasteiger partial charge in [0.2, 0.25) is 0 Å². The first-order valence-electron chi connectivity index (χ1n) is 7.23. The second kappa shape index (κ2) is 7.08. The molecule has 0 radical (unpaired) electrons. The predicted molar refractivity (Wildman–Crippen MR) is 76.0 cm³/mol. The van der Waals surface area contributed by atoms with Crippen LogP contribution >= 0.6 is 0 Å². The molecule has 0 spiro atoms. The van der Waals surface area contributed by atoms with Gasteiger partial charge in [0, 0.05) is 30.7 Å². The van der Waals surface area contributed by atoms with Crippen molar-refractivity contribution in [2.24, 2.45) is 0 Å². The molecule has 19 heavy (non-hydrogen) atoms. The van der Waals surface area contributed by atoms with Crippen LogP contribution in [0.5, 0.6) is 0 Å². The van der Waals surface area contributed by atoms with Crippen LogP contribution in [0.25, 0.3) is 0 Å². The van der Waals surface area contributed by atoms with Crippen molar-refractivity contribution in [1.82, 2.24) is 10.2 Å². The molecule has 1 saturated carbocycles. The molecular weight excluding hydrogens is 240 g/mol. The third-order valence-electron chi connectivity index (χ3n) is 3.53. The highest BCUT2D eigenvalue weighted by atomic mass is 16.5. The zero-order chi connectivity index (χ0) is 13.7. The minimum Gasteiger partial charge on any atom is -0.467 e. The number of hydrogen-bond donors (Lipinski definition) is 1. The molecule has 1 aliphatic rings. The molecule has 1 aromatic rings. The average molecular weight is 266 g/mol. The van der Waals surface area contributed by atoms with Crippen molar-refractivity contribution in [1.29, 1.82) is 0 Å². The van der Waals surface area contributed by atoms with E-state index in [0.717, 1.165) is 31.5 Å². The minimum atomic E-state index is 0.482. The lowest BCUT2D eigenvalue weighted by Crippen LogP contribution is -2.25. The molecule has 0 saturated heterocycles. The van der Waals surface area contributed by atoms with Crippen molar-refractivity contribution in [2.45, 2.75) is 51.9 Å². The van der Waals surface area contributed by atoms with Gasteiger partial charge in [-0.1, -0.05) is 13.8 Å². The Labute approximate surface area is 116 Å². The second-order valence-electron chi connectivity index (χ2n) is 5.67. The Morgan fingerprint density at radius 2 is 2.26 bits per heavy atom. The average Bonchev–Trinajstić information content (AvgIpc) is 3.13. The molecule has 1 N–H and O–H groups in total. The monoisotopic (exact) mass is 266 g/mol. The van der Waals surface area contributed by atoms with Gasteiger partial charge in [-0.25, -0.2) is 0 Å². The maximum absolute atomic E-state index is 5.71. The summed E-state index contributed by atoms with van der Waals surface area (Å²) in [6.07, 6.45) is 4.44. The van der Waals surface area contributed by atoms with Crippen molar-refractivity contribution >= 4 is 0 Å². The van der Waals surface area contributed by atoms with Gasteiger partial charge in [0.05, 0.1) is 12.9 Å². The quantitative estimate of drug-likeness (QED) is 0.696. The van der Waals surface area contributed by atoms with Gasteiger partial charge < -0.3 is 19.4 Å².